The summed E-state index contributed by atoms with van der Waals surface area (Å²) in [6.45, 7) is 0. The molecule has 0 saturated carbocycles. The SMILES string of the molecule is O=C1NC(=O)c2cc(Nc3cccc(Br)n3)ccc21. The fraction of sp³-hybridized carbons (Fsp3) is 0. The fourth-order valence-corrected chi connectivity index (χ4v) is 2.22. The van der Waals surface area contributed by atoms with E-state index in [2.05, 4.69) is 31.5 Å². The summed E-state index contributed by atoms with van der Waals surface area (Å²) < 4.78 is 0.714. The Morgan fingerprint density at radius 2 is 1.84 bits per heavy atom. The molecule has 2 aromatic rings. The highest BCUT2D eigenvalue weighted by Crippen LogP contribution is 2.23. The smallest absolute Gasteiger partial charge is 0.259 e. The van der Waals surface area contributed by atoms with Crippen LogP contribution in [0.4, 0.5) is 11.5 Å². The van der Waals surface area contributed by atoms with Gasteiger partial charge in [0.05, 0.1) is 11.1 Å². The number of carbonyl (C=O) groups is 2. The quantitative estimate of drug-likeness (QED) is 0.659. The van der Waals surface area contributed by atoms with E-state index in [9.17, 15) is 9.59 Å². The molecule has 2 N–H and O–H groups in total. The number of halogens is 1. The molecule has 1 aromatic heterocycles. The minimum atomic E-state index is -0.370. The Bertz CT molecular complexity index is 700. The molecule has 6 heteroatoms. The predicted molar refractivity (Wildman–Crippen MR) is 73.5 cm³/mol. The van der Waals surface area contributed by atoms with Gasteiger partial charge in [0.15, 0.2) is 0 Å². The number of benzene rings is 1. The first-order valence-electron chi connectivity index (χ1n) is 5.53. The van der Waals surface area contributed by atoms with Crippen LogP contribution in [0, 0.1) is 0 Å². The predicted octanol–water partition coefficient (Wildman–Crippen LogP) is 2.47. The number of aromatic nitrogens is 1. The van der Waals surface area contributed by atoms with Crippen LogP contribution in [0.3, 0.4) is 0 Å². The first-order chi connectivity index (χ1) is 9.13. The third-order valence-electron chi connectivity index (χ3n) is 2.72. The van der Waals surface area contributed by atoms with E-state index in [-0.39, 0.29) is 11.8 Å². The number of imide groups is 1. The Labute approximate surface area is 117 Å². The van der Waals surface area contributed by atoms with Crippen molar-refractivity contribution in [1.82, 2.24) is 10.3 Å². The first-order valence-corrected chi connectivity index (χ1v) is 6.32. The average Bonchev–Trinajstić information content (AvgIpc) is 2.65. The monoisotopic (exact) mass is 317 g/mol. The molecule has 0 saturated heterocycles. The number of amides is 2. The van der Waals surface area contributed by atoms with Gasteiger partial charge in [-0.05, 0) is 46.3 Å². The zero-order valence-corrected chi connectivity index (χ0v) is 11.2. The van der Waals surface area contributed by atoms with Gasteiger partial charge in [0.25, 0.3) is 11.8 Å². The second kappa shape index (κ2) is 4.47. The molecule has 2 heterocycles. The van der Waals surface area contributed by atoms with Gasteiger partial charge in [0, 0.05) is 5.69 Å². The van der Waals surface area contributed by atoms with Crippen molar-refractivity contribution >= 4 is 39.2 Å². The van der Waals surface area contributed by atoms with Gasteiger partial charge in [0.1, 0.15) is 10.4 Å². The molecule has 19 heavy (non-hydrogen) atoms. The van der Waals surface area contributed by atoms with Crippen LogP contribution in [0.5, 0.6) is 0 Å². The molecular weight excluding hydrogens is 310 g/mol. The fourth-order valence-electron chi connectivity index (χ4n) is 1.87. The number of rotatable bonds is 2. The average molecular weight is 318 g/mol. The van der Waals surface area contributed by atoms with E-state index in [1.807, 2.05) is 18.2 Å². The summed E-state index contributed by atoms with van der Waals surface area (Å²) in [4.78, 5) is 27.2. The number of hydrogen-bond acceptors (Lipinski definition) is 4. The highest BCUT2D eigenvalue weighted by atomic mass is 79.9. The van der Waals surface area contributed by atoms with Crippen LogP contribution in [-0.4, -0.2) is 16.8 Å². The number of nitrogens with zero attached hydrogens (tertiary/aromatic N) is 1. The lowest BCUT2D eigenvalue weighted by molar-refractivity contribution is 0.0879. The Morgan fingerprint density at radius 3 is 2.63 bits per heavy atom. The highest BCUT2D eigenvalue weighted by Gasteiger charge is 2.26. The van der Waals surface area contributed by atoms with E-state index >= 15 is 0 Å². The van der Waals surface area contributed by atoms with Crippen LogP contribution in [0.15, 0.2) is 41.0 Å². The van der Waals surface area contributed by atoms with Gasteiger partial charge in [-0.1, -0.05) is 6.07 Å². The van der Waals surface area contributed by atoms with Crippen molar-refractivity contribution in [2.75, 3.05) is 5.32 Å². The second-order valence-electron chi connectivity index (χ2n) is 4.01. The van der Waals surface area contributed by atoms with E-state index < -0.39 is 0 Å². The number of fused-ring (bicyclic) bond motifs is 1. The summed E-state index contributed by atoms with van der Waals surface area (Å²) in [6.07, 6.45) is 0. The van der Waals surface area contributed by atoms with Crippen molar-refractivity contribution in [1.29, 1.82) is 0 Å². The van der Waals surface area contributed by atoms with E-state index in [0.717, 1.165) is 0 Å². The summed E-state index contributed by atoms with van der Waals surface area (Å²) >= 11 is 3.28. The van der Waals surface area contributed by atoms with E-state index in [1.165, 1.54) is 0 Å². The van der Waals surface area contributed by atoms with Gasteiger partial charge in [-0.25, -0.2) is 4.98 Å². The standard InChI is InChI=1S/C13H8BrN3O2/c14-10-2-1-3-11(16-10)15-7-4-5-8-9(6-7)13(19)17-12(8)18/h1-6H,(H,15,16)(H,17,18,19). The molecule has 0 aliphatic carbocycles. The van der Waals surface area contributed by atoms with Gasteiger partial charge in [-0.2, -0.15) is 0 Å². The molecule has 0 atom stereocenters. The highest BCUT2D eigenvalue weighted by molar-refractivity contribution is 9.10. The largest absolute Gasteiger partial charge is 0.340 e. The van der Waals surface area contributed by atoms with Crippen LogP contribution in [0.25, 0.3) is 0 Å². The maximum Gasteiger partial charge on any atom is 0.259 e. The Hall–Kier alpha value is -2.21. The molecule has 1 aliphatic rings. The van der Waals surface area contributed by atoms with Crippen LogP contribution >= 0.6 is 15.9 Å². The topological polar surface area (TPSA) is 71.1 Å². The molecule has 5 nitrogen and oxygen atoms in total. The summed E-state index contributed by atoms with van der Waals surface area (Å²) in [6, 6.07) is 10.5. The maximum atomic E-state index is 11.6. The van der Waals surface area contributed by atoms with Crippen LogP contribution in [0.2, 0.25) is 0 Å². The number of anilines is 2. The van der Waals surface area contributed by atoms with E-state index in [0.29, 0.717) is 27.2 Å². The summed E-state index contributed by atoms with van der Waals surface area (Å²) in [7, 11) is 0. The van der Waals surface area contributed by atoms with Crippen molar-refractivity contribution in [3.05, 3.63) is 52.1 Å². The summed E-state index contributed by atoms with van der Waals surface area (Å²) in [5.41, 5.74) is 1.48. The molecule has 1 aromatic carbocycles. The molecule has 3 rings (SSSR count). The van der Waals surface area contributed by atoms with Gasteiger partial charge < -0.3 is 5.32 Å². The number of nitrogens with one attached hydrogen (secondary N) is 2. The molecule has 2 amide bonds. The van der Waals surface area contributed by atoms with Crippen LogP contribution in [-0.2, 0) is 0 Å². The van der Waals surface area contributed by atoms with Crippen LogP contribution in [0.1, 0.15) is 20.7 Å². The Kier molecular flexibility index (Phi) is 2.79. The molecule has 0 spiro atoms. The van der Waals surface area contributed by atoms with E-state index in [4.69, 9.17) is 0 Å². The zero-order valence-electron chi connectivity index (χ0n) is 9.61. The van der Waals surface area contributed by atoms with E-state index in [1.54, 1.807) is 18.2 Å². The molecular formula is C13H8BrN3O2. The number of carbonyl (C=O) groups excluding carboxylic acids is 2. The van der Waals surface area contributed by atoms with Gasteiger partial charge >= 0.3 is 0 Å². The molecule has 94 valence electrons. The Balaban J connectivity index is 1.93. The zero-order chi connectivity index (χ0) is 13.4. The third-order valence-corrected chi connectivity index (χ3v) is 3.17. The lowest BCUT2D eigenvalue weighted by Gasteiger charge is -2.06. The van der Waals surface area contributed by atoms with Crippen molar-refractivity contribution in [2.45, 2.75) is 0 Å². The van der Waals surface area contributed by atoms with Crippen LogP contribution < -0.4 is 10.6 Å². The molecule has 0 fully saturated rings. The summed E-state index contributed by atoms with van der Waals surface area (Å²) in [5.74, 6) is -0.0722. The van der Waals surface area contributed by atoms with Crippen molar-refractivity contribution in [2.24, 2.45) is 0 Å². The molecule has 0 radical (unpaired) electrons. The minimum absolute atomic E-state index is 0.355. The number of pyridine rings is 1. The van der Waals surface area contributed by atoms with Gasteiger partial charge in [0.2, 0.25) is 0 Å². The molecule has 1 aliphatic heterocycles. The van der Waals surface area contributed by atoms with Crippen molar-refractivity contribution in [3.63, 3.8) is 0 Å². The Morgan fingerprint density at radius 1 is 1.05 bits per heavy atom. The van der Waals surface area contributed by atoms with Crippen molar-refractivity contribution in [3.8, 4) is 0 Å². The third kappa shape index (κ3) is 2.22. The van der Waals surface area contributed by atoms with Gasteiger partial charge in [-0.3, -0.25) is 14.9 Å². The minimum Gasteiger partial charge on any atom is -0.340 e. The molecule has 0 unspecified atom stereocenters. The van der Waals surface area contributed by atoms with Gasteiger partial charge in [-0.15, -0.1) is 0 Å². The first kappa shape index (κ1) is 11.9. The molecule has 0 bridgehead atoms. The maximum absolute atomic E-state index is 11.6. The summed E-state index contributed by atoms with van der Waals surface area (Å²) in [5, 5.41) is 5.33. The second-order valence-corrected chi connectivity index (χ2v) is 4.83. The number of hydrogen-bond donors (Lipinski definition) is 2. The normalized spacial score (nSPS) is 13.1. The lowest BCUT2D eigenvalue weighted by Crippen LogP contribution is -2.19. The lowest BCUT2D eigenvalue weighted by atomic mass is 10.1. The van der Waals surface area contributed by atoms with Crippen molar-refractivity contribution < 1.29 is 9.59 Å².